The minimum Gasteiger partial charge on any atom is -0.350 e. The lowest BCUT2D eigenvalue weighted by atomic mass is 10.4. The first kappa shape index (κ1) is 11.8. The number of aromatic nitrogens is 1. The predicted molar refractivity (Wildman–Crippen MR) is 68.9 cm³/mol. The van der Waals surface area contributed by atoms with Gasteiger partial charge in [0.25, 0.3) is 0 Å². The van der Waals surface area contributed by atoms with E-state index in [4.69, 9.17) is 5.73 Å². The van der Waals surface area contributed by atoms with E-state index < -0.39 is 0 Å². The van der Waals surface area contributed by atoms with Crippen molar-refractivity contribution in [2.24, 2.45) is 5.73 Å². The van der Waals surface area contributed by atoms with Gasteiger partial charge >= 0.3 is 0 Å². The molecule has 1 aliphatic heterocycles. The Kier molecular flexibility index (Phi) is 4.15. The first-order valence-corrected chi connectivity index (χ1v) is 6.75. The molecular formula is C11H20N4S. The van der Waals surface area contributed by atoms with Crippen LogP contribution in [0.15, 0.2) is 5.38 Å². The van der Waals surface area contributed by atoms with Crippen molar-refractivity contribution >= 4 is 16.5 Å². The van der Waals surface area contributed by atoms with Crippen LogP contribution in [0, 0.1) is 0 Å². The van der Waals surface area contributed by atoms with Crippen LogP contribution in [0.25, 0.3) is 0 Å². The number of rotatable bonds is 5. The lowest BCUT2D eigenvalue weighted by molar-refractivity contribution is 0.346. The summed E-state index contributed by atoms with van der Waals surface area (Å²) in [5.74, 6) is 0. The van der Waals surface area contributed by atoms with Crippen molar-refractivity contribution in [3.05, 3.63) is 11.1 Å². The summed E-state index contributed by atoms with van der Waals surface area (Å²) in [5.41, 5.74) is 6.55. The zero-order valence-corrected chi connectivity index (χ0v) is 10.7. The molecule has 16 heavy (non-hydrogen) atoms. The Hall–Kier alpha value is -0.650. The van der Waals surface area contributed by atoms with Gasteiger partial charge in [-0.2, -0.15) is 0 Å². The molecule has 1 aliphatic rings. The van der Waals surface area contributed by atoms with E-state index in [-0.39, 0.29) is 0 Å². The van der Waals surface area contributed by atoms with Crippen LogP contribution in [0.4, 0.5) is 5.13 Å². The van der Waals surface area contributed by atoms with Crippen molar-refractivity contribution < 1.29 is 0 Å². The number of hydrogen-bond acceptors (Lipinski definition) is 5. The molecule has 1 saturated heterocycles. The first-order valence-electron chi connectivity index (χ1n) is 5.87. The summed E-state index contributed by atoms with van der Waals surface area (Å²) in [5, 5.41) is 3.13. The second-order valence-corrected chi connectivity index (χ2v) is 5.13. The van der Waals surface area contributed by atoms with Crippen LogP contribution in [0.2, 0.25) is 0 Å². The Labute approximate surface area is 101 Å². The van der Waals surface area contributed by atoms with Crippen LogP contribution >= 0.6 is 11.3 Å². The molecule has 1 fully saturated rings. The van der Waals surface area contributed by atoms with E-state index in [1.165, 1.54) is 25.9 Å². The Bertz CT molecular complexity index is 320. The Morgan fingerprint density at radius 3 is 2.88 bits per heavy atom. The molecular weight excluding hydrogens is 220 g/mol. The number of likely N-dealkylation sites (N-methyl/N-ethyl adjacent to an activating group) is 1. The Morgan fingerprint density at radius 2 is 2.25 bits per heavy atom. The number of thiazole rings is 1. The highest BCUT2D eigenvalue weighted by Crippen LogP contribution is 2.19. The summed E-state index contributed by atoms with van der Waals surface area (Å²) < 4.78 is 0. The molecule has 0 unspecified atom stereocenters. The van der Waals surface area contributed by atoms with Crippen LogP contribution < -0.4 is 10.6 Å². The van der Waals surface area contributed by atoms with E-state index in [9.17, 15) is 0 Å². The molecule has 1 aromatic heterocycles. The molecule has 0 amide bonds. The fourth-order valence-electron chi connectivity index (χ4n) is 1.96. The number of nitrogens with two attached hydrogens (primary N) is 1. The maximum Gasteiger partial charge on any atom is 0.185 e. The average Bonchev–Trinajstić information content (AvgIpc) is 2.96. The van der Waals surface area contributed by atoms with Gasteiger partial charge in [-0.05, 0) is 25.9 Å². The van der Waals surface area contributed by atoms with Gasteiger partial charge in [0.2, 0.25) is 0 Å². The zero-order valence-electron chi connectivity index (χ0n) is 9.85. The Balaban J connectivity index is 1.80. The standard InChI is InChI=1S/C11H20N4S/c1-14(6-7-15-4-2-3-5-15)11-13-10(8-12)9-16-11/h9H,2-8,12H2,1H3. The molecule has 2 rings (SSSR count). The first-order chi connectivity index (χ1) is 7.79. The fraction of sp³-hybridized carbons (Fsp3) is 0.727. The van der Waals surface area contributed by atoms with Crippen molar-refractivity contribution in [1.29, 1.82) is 0 Å². The fourth-order valence-corrected chi connectivity index (χ4v) is 2.79. The highest BCUT2D eigenvalue weighted by Gasteiger charge is 2.13. The molecule has 0 radical (unpaired) electrons. The van der Waals surface area contributed by atoms with Gasteiger partial charge in [0.15, 0.2) is 5.13 Å². The Morgan fingerprint density at radius 1 is 1.50 bits per heavy atom. The maximum absolute atomic E-state index is 5.55. The van der Waals surface area contributed by atoms with E-state index in [1.54, 1.807) is 11.3 Å². The zero-order chi connectivity index (χ0) is 11.4. The monoisotopic (exact) mass is 240 g/mol. The van der Waals surface area contributed by atoms with Crippen molar-refractivity contribution in [2.45, 2.75) is 19.4 Å². The van der Waals surface area contributed by atoms with E-state index in [1.807, 2.05) is 5.38 Å². The normalized spacial score (nSPS) is 16.9. The van der Waals surface area contributed by atoms with Gasteiger partial charge in [-0.3, -0.25) is 0 Å². The highest BCUT2D eigenvalue weighted by molar-refractivity contribution is 7.13. The summed E-state index contributed by atoms with van der Waals surface area (Å²) in [6.07, 6.45) is 2.72. The molecule has 0 atom stereocenters. The molecule has 0 bridgehead atoms. The minimum atomic E-state index is 0.538. The lowest BCUT2D eigenvalue weighted by Gasteiger charge is -2.20. The van der Waals surface area contributed by atoms with Crippen LogP contribution in [-0.4, -0.2) is 43.1 Å². The summed E-state index contributed by atoms with van der Waals surface area (Å²) in [7, 11) is 2.11. The molecule has 0 aromatic carbocycles. The summed E-state index contributed by atoms with van der Waals surface area (Å²) in [6.45, 7) is 5.27. The average molecular weight is 240 g/mol. The van der Waals surface area contributed by atoms with E-state index in [0.717, 1.165) is 23.9 Å². The van der Waals surface area contributed by atoms with Gasteiger partial charge in [-0.25, -0.2) is 4.98 Å². The molecule has 4 nitrogen and oxygen atoms in total. The second-order valence-electron chi connectivity index (χ2n) is 4.30. The number of hydrogen-bond donors (Lipinski definition) is 1. The van der Waals surface area contributed by atoms with Gasteiger partial charge in [-0.15, -0.1) is 11.3 Å². The summed E-state index contributed by atoms with van der Waals surface area (Å²) >= 11 is 1.68. The predicted octanol–water partition coefficient (Wildman–Crippen LogP) is 1.13. The van der Waals surface area contributed by atoms with Gasteiger partial charge in [-0.1, -0.05) is 0 Å². The topological polar surface area (TPSA) is 45.4 Å². The number of anilines is 1. The summed E-state index contributed by atoms with van der Waals surface area (Å²) in [4.78, 5) is 9.22. The lowest BCUT2D eigenvalue weighted by Crippen LogP contribution is -2.31. The molecule has 0 aliphatic carbocycles. The number of nitrogens with zero attached hydrogens (tertiary/aromatic N) is 3. The third-order valence-corrected chi connectivity index (χ3v) is 4.03. The minimum absolute atomic E-state index is 0.538. The SMILES string of the molecule is CN(CCN1CCCC1)c1nc(CN)cs1. The van der Waals surface area contributed by atoms with E-state index in [2.05, 4.69) is 21.8 Å². The maximum atomic E-state index is 5.55. The molecule has 0 saturated carbocycles. The number of likely N-dealkylation sites (tertiary alicyclic amines) is 1. The summed E-state index contributed by atoms with van der Waals surface area (Å²) in [6, 6.07) is 0. The van der Waals surface area contributed by atoms with E-state index in [0.29, 0.717) is 6.54 Å². The van der Waals surface area contributed by atoms with Gasteiger partial charge < -0.3 is 15.5 Å². The van der Waals surface area contributed by atoms with Gasteiger partial charge in [0.05, 0.1) is 5.69 Å². The second kappa shape index (κ2) is 5.61. The van der Waals surface area contributed by atoms with Crippen molar-refractivity contribution in [3.8, 4) is 0 Å². The third kappa shape index (κ3) is 2.93. The molecule has 1 aromatic rings. The van der Waals surface area contributed by atoms with Crippen molar-refractivity contribution in [1.82, 2.24) is 9.88 Å². The largest absolute Gasteiger partial charge is 0.350 e. The van der Waals surface area contributed by atoms with Crippen LogP contribution in [0.3, 0.4) is 0 Å². The van der Waals surface area contributed by atoms with E-state index >= 15 is 0 Å². The van der Waals surface area contributed by atoms with Crippen molar-refractivity contribution in [2.75, 3.05) is 38.1 Å². The highest BCUT2D eigenvalue weighted by atomic mass is 32.1. The molecule has 2 N–H and O–H groups in total. The molecule has 0 spiro atoms. The molecule has 2 heterocycles. The van der Waals surface area contributed by atoms with Gasteiger partial charge in [0, 0.05) is 32.1 Å². The van der Waals surface area contributed by atoms with Gasteiger partial charge in [0.1, 0.15) is 0 Å². The quantitative estimate of drug-likeness (QED) is 0.838. The smallest absolute Gasteiger partial charge is 0.185 e. The van der Waals surface area contributed by atoms with Crippen LogP contribution in [0.5, 0.6) is 0 Å². The molecule has 5 heteroatoms. The molecule has 90 valence electrons. The third-order valence-electron chi connectivity index (χ3n) is 3.03. The van der Waals surface area contributed by atoms with Crippen LogP contribution in [-0.2, 0) is 6.54 Å². The van der Waals surface area contributed by atoms with Crippen molar-refractivity contribution in [3.63, 3.8) is 0 Å². The van der Waals surface area contributed by atoms with Crippen LogP contribution in [0.1, 0.15) is 18.5 Å².